The SMILES string of the molecule is Cc1cc(F)cc(NC(C)c2c(C)cc(C)nc2C)c1. The maximum atomic E-state index is 13.4. The molecule has 2 aromatic rings. The van der Waals surface area contributed by atoms with Crippen LogP contribution in [0.4, 0.5) is 10.1 Å². The van der Waals surface area contributed by atoms with Crippen molar-refractivity contribution < 1.29 is 4.39 Å². The summed E-state index contributed by atoms with van der Waals surface area (Å²) in [4.78, 5) is 4.52. The third-order valence-electron chi connectivity index (χ3n) is 3.44. The summed E-state index contributed by atoms with van der Waals surface area (Å²) in [6, 6.07) is 7.17. The molecule has 0 saturated heterocycles. The molecule has 3 heteroatoms. The first-order valence-electron chi connectivity index (χ1n) is 6.85. The Morgan fingerprint density at radius 1 is 1.05 bits per heavy atom. The topological polar surface area (TPSA) is 24.9 Å². The predicted octanol–water partition coefficient (Wildman–Crippen LogP) is 4.63. The van der Waals surface area contributed by atoms with Crippen LogP contribution in [-0.2, 0) is 0 Å². The Bertz CT molecular complexity index is 592. The monoisotopic (exact) mass is 272 g/mol. The van der Waals surface area contributed by atoms with Gasteiger partial charge >= 0.3 is 0 Å². The van der Waals surface area contributed by atoms with Crippen LogP contribution in [0.15, 0.2) is 24.3 Å². The summed E-state index contributed by atoms with van der Waals surface area (Å²) >= 11 is 0. The molecule has 0 spiro atoms. The van der Waals surface area contributed by atoms with Gasteiger partial charge in [0.25, 0.3) is 0 Å². The summed E-state index contributed by atoms with van der Waals surface area (Å²) < 4.78 is 13.4. The first-order chi connectivity index (χ1) is 9.36. The molecule has 1 heterocycles. The summed E-state index contributed by atoms with van der Waals surface area (Å²) in [5.41, 5.74) is 6.15. The van der Waals surface area contributed by atoms with Crippen molar-refractivity contribution in [3.63, 3.8) is 0 Å². The first-order valence-corrected chi connectivity index (χ1v) is 6.85. The molecule has 1 N–H and O–H groups in total. The van der Waals surface area contributed by atoms with Crippen LogP contribution in [0.2, 0.25) is 0 Å². The van der Waals surface area contributed by atoms with Gasteiger partial charge in [-0.2, -0.15) is 0 Å². The van der Waals surface area contributed by atoms with Gasteiger partial charge in [-0.05, 0) is 75.6 Å². The van der Waals surface area contributed by atoms with E-state index in [4.69, 9.17) is 0 Å². The van der Waals surface area contributed by atoms with E-state index in [1.807, 2.05) is 26.8 Å². The van der Waals surface area contributed by atoms with E-state index in [0.717, 1.165) is 22.6 Å². The fourth-order valence-corrected chi connectivity index (χ4v) is 2.83. The normalized spacial score (nSPS) is 12.3. The number of benzene rings is 1. The molecule has 0 aliphatic carbocycles. The lowest BCUT2D eigenvalue weighted by Gasteiger charge is -2.20. The molecule has 0 bridgehead atoms. The number of pyridine rings is 1. The highest BCUT2D eigenvalue weighted by Gasteiger charge is 2.13. The molecule has 106 valence electrons. The van der Waals surface area contributed by atoms with E-state index in [9.17, 15) is 4.39 Å². The van der Waals surface area contributed by atoms with E-state index >= 15 is 0 Å². The zero-order valence-electron chi connectivity index (χ0n) is 12.7. The highest BCUT2D eigenvalue weighted by molar-refractivity contribution is 5.49. The van der Waals surface area contributed by atoms with Crippen LogP contribution < -0.4 is 5.32 Å². The van der Waals surface area contributed by atoms with Crippen molar-refractivity contribution >= 4 is 5.69 Å². The average molecular weight is 272 g/mol. The summed E-state index contributed by atoms with van der Waals surface area (Å²) in [5.74, 6) is -0.213. The van der Waals surface area contributed by atoms with Gasteiger partial charge in [-0.15, -0.1) is 0 Å². The molecule has 1 aromatic heterocycles. The fourth-order valence-electron chi connectivity index (χ4n) is 2.83. The van der Waals surface area contributed by atoms with Crippen LogP contribution in [0.5, 0.6) is 0 Å². The Balaban J connectivity index is 2.30. The van der Waals surface area contributed by atoms with E-state index in [0.29, 0.717) is 0 Å². The first kappa shape index (κ1) is 14.5. The Hall–Kier alpha value is -1.90. The van der Waals surface area contributed by atoms with Crippen molar-refractivity contribution in [3.05, 3.63) is 58.2 Å². The molecule has 2 nitrogen and oxygen atoms in total. The van der Waals surface area contributed by atoms with Gasteiger partial charge in [0.05, 0.1) is 6.04 Å². The average Bonchev–Trinajstić information content (AvgIpc) is 2.25. The molecule has 20 heavy (non-hydrogen) atoms. The Labute approximate surface area is 120 Å². The van der Waals surface area contributed by atoms with Crippen molar-refractivity contribution in [2.24, 2.45) is 0 Å². The summed E-state index contributed by atoms with van der Waals surface area (Å²) in [6.07, 6.45) is 0. The van der Waals surface area contributed by atoms with Crippen LogP contribution in [-0.4, -0.2) is 4.98 Å². The molecule has 1 aromatic carbocycles. The minimum absolute atomic E-state index is 0.0873. The van der Waals surface area contributed by atoms with Crippen molar-refractivity contribution in [1.29, 1.82) is 0 Å². The minimum Gasteiger partial charge on any atom is -0.378 e. The summed E-state index contributed by atoms with van der Waals surface area (Å²) in [6.45, 7) is 10.1. The quantitative estimate of drug-likeness (QED) is 0.881. The van der Waals surface area contributed by atoms with Crippen LogP contribution >= 0.6 is 0 Å². The number of anilines is 1. The molecule has 0 amide bonds. The minimum atomic E-state index is -0.213. The second-order valence-corrected chi connectivity index (χ2v) is 5.46. The van der Waals surface area contributed by atoms with E-state index in [1.54, 1.807) is 0 Å². The van der Waals surface area contributed by atoms with Gasteiger partial charge in [-0.1, -0.05) is 0 Å². The van der Waals surface area contributed by atoms with Gasteiger partial charge in [-0.3, -0.25) is 4.98 Å². The molecule has 0 radical (unpaired) electrons. The third-order valence-corrected chi connectivity index (χ3v) is 3.44. The van der Waals surface area contributed by atoms with Crippen molar-refractivity contribution in [1.82, 2.24) is 4.98 Å². The van der Waals surface area contributed by atoms with Crippen molar-refractivity contribution in [2.75, 3.05) is 5.32 Å². The summed E-state index contributed by atoms with van der Waals surface area (Å²) in [7, 11) is 0. The Morgan fingerprint density at radius 3 is 2.35 bits per heavy atom. The van der Waals surface area contributed by atoms with E-state index in [2.05, 4.69) is 30.2 Å². The largest absolute Gasteiger partial charge is 0.378 e. The predicted molar refractivity (Wildman–Crippen MR) is 81.6 cm³/mol. The van der Waals surface area contributed by atoms with Crippen LogP contribution in [0.3, 0.4) is 0 Å². The van der Waals surface area contributed by atoms with E-state index in [1.165, 1.54) is 23.3 Å². The van der Waals surface area contributed by atoms with E-state index < -0.39 is 0 Å². The third kappa shape index (κ3) is 3.16. The Morgan fingerprint density at radius 2 is 1.75 bits per heavy atom. The lowest BCUT2D eigenvalue weighted by Crippen LogP contribution is -2.11. The van der Waals surface area contributed by atoms with Crippen molar-refractivity contribution in [3.8, 4) is 0 Å². The number of rotatable bonds is 3. The van der Waals surface area contributed by atoms with Crippen LogP contribution in [0.25, 0.3) is 0 Å². The number of nitrogens with one attached hydrogen (secondary N) is 1. The molecule has 2 rings (SSSR count). The maximum absolute atomic E-state index is 13.4. The highest BCUT2D eigenvalue weighted by Crippen LogP contribution is 2.25. The number of nitrogens with zero attached hydrogens (tertiary/aromatic N) is 1. The lowest BCUT2D eigenvalue weighted by molar-refractivity contribution is 0.626. The number of hydrogen-bond donors (Lipinski definition) is 1. The van der Waals surface area contributed by atoms with Crippen LogP contribution in [0.1, 0.15) is 41.0 Å². The molecule has 1 atom stereocenters. The van der Waals surface area contributed by atoms with Gasteiger partial charge in [0.2, 0.25) is 0 Å². The molecule has 0 aliphatic heterocycles. The van der Waals surface area contributed by atoms with Gasteiger partial charge in [0.15, 0.2) is 0 Å². The van der Waals surface area contributed by atoms with E-state index in [-0.39, 0.29) is 11.9 Å². The van der Waals surface area contributed by atoms with Gasteiger partial charge in [0.1, 0.15) is 5.82 Å². The fraction of sp³-hybridized carbons (Fsp3) is 0.353. The lowest BCUT2D eigenvalue weighted by atomic mass is 10.00. The zero-order chi connectivity index (χ0) is 14.9. The van der Waals surface area contributed by atoms with Gasteiger partial charge in [-0.25, -0.2) is 4.39 Å². The molecular formula is C17H21FN2. The summed E-state index contributed by atoms with van der Waals surface area (Å²) in [5, 5.41) is 3.36. The zero-order valence-corrected chi connectivity index (χ0v) is 12.7. The highest BCUT2D eigenvalue weighted by atomic mass is 19.1. The van der Waals surface area contributed by atoms with Crippen LogP contribution in [0, 0.1) is 33.5 Å². The van der Waals surface area contributed by atoms with Gasteiger partial charge in [0, 0.05) is 17.1 Å². The molecule has 0 aliphatic rings. The van der Waals surface area contributed by atoms with Gasteiger partial charge < -0.3 is 5.32 Å². The maximum Gasteiger partial charge on any atom is 0.125 e. The number of hydrogen-bond acceptors (Lipinski definition) is 2. The second-order valence-electron chi connectivity index (χ2n) is 5.46. The molecule has 0 saturated carbocycles. The standard InChI is InChI=1S/C17H21FN2/c1-10-6-15(18)9-16(7-10)20-14(5)17-11(2)8-12(3)19-13(17)4/h6-9,14,20H,1-5H3. The molecular weight excluding hydrogens is 251 g/mol. The number of aryl methyl sites for hydroxylation is 4. The molecule has 0 fully saturated rings. The second kappa shape index (κ2) is 5.61. The number of aromatic nitrogens is 1. The molecule has 1 unspecified atom stereocenters. The smallest absolute Gasteiger partial charge is 0.125 e. The number of halogens is 1. The van der Waals surface area contributed by atoms with Crippen molar-refractivity contribution in [2.45, 2.75) is 40.7 Å². The Kier molecular flexibility index (Phi) is 4.07.